The van der Waals surface area contributed by atoms with Crippen LogP contribution in [0, 0.1) is 0 Å². The lowest BCUT2D eigenvalue weighted by Crippen LogP contribution is -2.17. The summed E-state index contributed by atoms with van der Waals surface area (Å²) in [6.07, 6.45) is 1.49. The van der Waals surface area contributed by atoms with Gasteiger partial charge in [0.25, 0.3) is 0 Å². The van der Waals surface area contributed by atoms with Gasteiger partial charge < -0.3 is 9.94 Å². The molecule has 2 aromatic rings. The Kier molecular flexibility index (Phi) is 4.18. The predicted octanol–water partition coefficient (Wildman–Crippen LogP) is 0.524. The van der Waals surface area contributed by atoms with E-state index in [-0.39, 0.29) is 12.3 Å². The molecular formula is C10H11N5O3S. The molecule has 0 bridgehead atoms. The largest absolute Gasteiger partial charge is 0.461 e. The fraction of sp³-hybridized carbons (Fsp3) is 0.300. The number of hydrogen-bond acceptors (Lipinski definition) is 8. The molecule has 0 aliphatic rings. The highest BCUT2D eigenvalue weighted by atomic mass is 32.1. The number of esters is 1. The Morgan fingerprint density at radius 2 is 2.42 bits per heavy atom. The first-order chi connectivity index (χ1) is 9.24. The minimum Gasteiger partial charge on any atom is -0.461 e. The number of nitrogens with zero attached hydrogens (tertiary/aromatic N) is 5. The van der Waals surface area contributed by atoms with Gasteiger partial charge in [-0.3, -0.25) is 0 Å². The monoisotopic (exact) mass is 281 g/mol. The Balaban J connectivity index is 2.13. The van der Waals surface area contributed by atoms with Crippen LogP contribution in [-0.2, 0) is 16.1 Å². The second-order valence-corrected chi connectivity index (χ2v) is 4.61. The van der Waals surface area contributed by atoms with Crippen molar-refractivity contribution in [3.05, 3.63) is 28.2 Å². The van der Waals surface area contributed by atoms with E-state index in [0.29, 0.717) is 11.4 Å². The van der Waals surface area contributed by atoms with Crippen LogP contribution in [0.4, 0.5) is 0 Å². The summed E-state index contributed by atoms with van der Waals surface area (Å²) in [5.41, 5.74) is -0.102. The molecule has 0 spiro atoms. The standard InChI is InChI=1S/C10H11N5O3S/c1-2-18-10(16)9(12-17)8-4-3-7(19-8)5-15-6-11-13-14-15/h3-4,6,17H,2,5H2,1H3. The summed E-state index contributed by atoms with van der Waals surface area (Å²) in [5.74, 6) is -0.652. The van der Waals surface area contributed by atoms with Crippen LogP contribution < -0.4 is 0 Å². The van der Waals surface area contributed by atoms with E-state index in [1.54, 1.807) is 17.7 Å². The zero-order valence-electron chi connectivity index (χ0n) is 10.1. The van der Waals surface area contributed by atoms with Crippen molar-refractivity contribution >= 4 is 23.0 Å². The van der Waals surface area contributed by atoms with Crippen LogP contribution >= 0.6 is 11.3 Å². The van der Waals surface area contributed by atoms with Gasteiger partial charge in [0.2, 0.25) is 5.71 Å². The Morgan fingerprint density at radius 1 is 1.58 bits per heavy atom. The van der Waals surface area contributed by atoms with Crippen molar-refractivity contribution in [3.63, 3.8) is 0 Å². The zero-order valence-corrected chi connectivity index (χ0v) is 10.9. The molecule has 1 N–H and O–H groups in total. The topological polar surface area (TPSA) is 102 Å². The third-order valence-electron chi connectivity index (χ3n) is 2.17. The molecule has 100 valence electrons. The van der Waals surface area contributed by atoms with Gasteiger partial charge in [-0.2, -0.15) is 0 Å². The highest BCUT2D eigenvalue weighted by molar-refractivity contribution is 7.14. The third kappa shape index (κ3) is 3.13. The van der Waals surface area contributed by atoms with E-state index in [1.165, 1.54) is 17.7 Å². The summed E-state index contributed by atoms with van der Waals surface area (Å²) in [6.45, 7) is 2.39. The number of rotatable bonds is 5. The highest BCUT2D eigenvalue weighted by Gasteiger charge is 2.18. The van der Waals surface area contributed by atoms with Crippen molar-refractivity contribution < 1.29 is 14.7 Å². The molecule has 0 fully saturated rings. The molecule has 9 heteroatoms. The summed E-state index contributed by atoms with van der Waals surface area (Å²) in [7, 11) is 0. The summed E-state index contributed by atoms with van der Waals surface area (Å²) in [5, 5.41) is 22.7. The summed E-state index contributed by atoms with van der Waals surface area (Å²) in [4.78, 5) is 13.0. The lowest BCUT2D eigenvalue weighted by Gasteiger charge is -2.01. The van der Waals surface area contributed by atoms with Gasteiger partial charge in [-0.15, -0.1) is 16.4 Å². The average molecular weight is 281 g/mol. The molecule has 0 aliphatic heterocycles. The van der Waals surface area contributed by atoms with Crippen molar-refractivity contribution in [1.29, 1.82) is 0 Å². The predicted molar refractivity (Wildman–Crippen MR) is 66.2 cm³/mol. The molecule has 19 heavy (non-hydrogen) atoms. The van der Waals surface area contributed by atoms with Crippen LogP contribution in [0.25, 0.3) is 0 Å². The van der Waals surface area contributed by atoms with Crippen molar-refractivity contribution in [2.45, 2.75) is 13.5 Å². The first-order valence-electron chi connectivity index (χ1n) is 5.43. The normalized spacial score (nSPS) is 11.5. The Hall–Kier alpha value is -2.29. The quantitative estimate of drug-likeness (QED) is 0.371. The molecule has 0 radical (unpaired) electrons. The summed E-state index contributed by atoms with van der Waals surface area (Å²) >= 11 is 1.31. The lowest BCUT2D eigenvalue weighted by molar-refractivity contribution is -0.135. The molecule has 0 saturated heterocycles. The maximum Gasteiger partial charge on any atom is 0.361 e. The van der Waals surface area contributed by atoms with Crippen molar-refractivity contribution in [2.24, 2.45) is 5.16 Å². The van der Waals surface area contributed by atoms with Gasteiger partial charge >= 0.3 is 5.97 Å². The number of carbonyl (C=O) groups is 1. The molecule has 0 saturated carbocycles. The number of carbonyl (C=O) groups excluding carboxylic acids is 1. The summed E-state index contributed by atoms with van der Waals surface area (Å²) in [6, 6.07) is 3.50. The lowest BCUT2D eigenvalue weighted by atomic mass is 10.3. The molecule has 2 heterocycles. The zero-order chi connectivity index (χ0) is 13.7. The van der Waals surface area contributed by atoms with Crippen LogP contribution in [0.3, 0.4) is 0 Å². The van der Waals surface area contributed by atoms with Crippen molar-refractivity contribution in [3.8, 4) is 0 Å². The van der Waals surface area contributed by atoms with Gasteiger partial charge in [-0.1, -0.05) is 5.16 Å². The number of aromatic nitrogens is 4. The van der Waals surface area contributed by atoms with E-state index in [2.05, 4.69) is 20.7 Å². The van der Waals surface area contributed by atoms with Crippen molar-refractivity contribution in [2.75, 3.05) is 6.61 Å². The van der Waals surface area contributed by atoms with Crippen LogP contribution in [0.15, 0.2) is 23.6 Å². The van der Waals surface area contributed by atoms with E-state index in [0.717, 1.165) is 4.88 Å². The third-order valence-corrected chi connectivity index (χ3v) is 3.25. The minimum absolute atomic E-state index is 0.102. The molecule has 8 nitrogen and oxygen atoms in total. The van der Waals surface area contributed by atoms with Gasteiger partial charge in [-0.05, 0) is 29.5 Å². The average Bonchev–Trinajstić information content (AvgIpc) is 3.03. The van der Waals surface area contributed by atoms with E-state index in [9.17, 15) is 4.79 Å². The number of thiophene rings is 1. The molecule has 2 aromatic heterocycles. The van der Waals surface area contributed by atoms with Crippen LogP contribution in [0.5, 0.6) is 0 Å². The Labute approximate surface area is 112 Å². The number of oxime groups is 1. The fourth-order valence-corrected chi connectivity index (χ4v) is 2.36. The van der Waals surface area contributed by atoms with E-state index in [1.807, 2.05) is 6.07 Å². The second-order valence-electron chi connectivity index (χ2n) is 3.44. The molecule has 0 aliphatic carbocycles. The van der Waals surface area contributed by atoms with Gasteiger partial charge in [0.15, 0.2) is 0 Å². The van der Waals surface area contributed by atoms with Crippen LogP contribution in [-0.4, -0.2) is 43.7 Å². The highest BCUT2D eigenvalue weighted by Crippen LogP contribution is 2.18. The van der Waals surface area contributed by atoms with Gasteiger partial charge in [-0.25, -0.2) is 9.48 Å². The molecule has 0 amide bonds. The maximum absolute atomic E-state index is 11.6. The Bertz CT molecular complexity index is 578. The van der Waals surface area contributed by atoms with Gasteiger partial charge in [0, 0.05) is 4.88 Å². The minimum atomic E-state index is -0.652. The number of tetrazole rings is 1. The maximum atomic E-state index is 11.6. The first-order valence-corrected chi connectivity index (χ1v) is 6.25. The van der Waals surface area contributed by atoms with E-state index in [4.69, 9.17) is 9.94 Å². The van der Waals surface area contributed by atoms with Crippen molar-refractivity contribution in [1.82, 2.24) is 20.2 Å². The van der Waals surface area contributed by atoms with E-state index < -0.39 is 5.97 Å². The van der Waals surface area contributed by atoms with Crippen LogP contribution in [0.2, 0.25) is 0 Å². The molecule has 2 rings (SSSR count). The van der Waals surface area contributed by atoms with Gasteiger partial charge in [0.05, 0.1) is 18.0 Å². The summed E-state index contributed by atoms with van der Waals surface area (Å²) < 4.78 is 6.36. The molecular weight excluding hydrogens is 270 g/mol. The Morgan fingerprint density at radius 3 is 3.05 bits per heavy atom. The van der Waals surface area contributed by atoms with Gasteiger partial charge in [0.1, 0.15) is 6.33 Å². The SMILES string of the molecule is CCOC(=O)C(=NO)c1ccc(Cn2cnnn2)s1. The number of ether oxygens (including phenoxy) is 1. The molecule has 0 aromatic carbocycles. The fourth-order valence-electron chi connectivity index (χ4n) is 1.39. The molecule has 0 unspecified atom stereocenters. The smallest absolute Gasteiger partial charge is 0.361 e. The second kappa shape index (κ2) is 6.05. The number of hydrogen-bond donors (Lipinski definition) is 1. The van der Waals surface area contributed by atoms with Crippen LogP contribution in [0.1, 0.15) is 16.7 Å². The van der Waals surface area contributed by atoms with E-state index >= 15 is 0 Å². The molecule has 0 atom stereocenters. The first kappa shape index (κ1) is 13.1.